The summed E-state index contributed by atoms with van der Waals surface area (Å²) in [6, 6.07) is 12.4. The lowest BCUT2D eigenvalue weighted by atomic mass is 9.86. The average molecular weight is 341 g/mol. The summed E-state index contributed by atoms with van der Waals surface area (Å²) in [5.41, 5.74) is 1.04. The Morgan fingerprint density at radius 2 is 1.96 bits per heavy atom. The van der Waals surface area contributed by atoms with E-state index in [1.165, 1.54) is 0 Å². The Bertz CT molecular complexity index is 735. The van der Waals surface area contributed by atoms with Crippen LogP contribution < -0.4 is 4.74 Å². The van der Waals surface area contributed by atoms with Crippen LogP contribution in [-0.2, 0) is 11.2 Å². The maximum Gasteiger partial charge on any atom is 0.227 e. The van der Waals surface area contributed by atoms with Crippen molar-refractivity contribution in [3.63, 3.8) is 0 Å². The molecule has 1 N–H and O–H groups in total. The molecule has 1 aliphatic rings. The lowest BCUT2D eigenvalue weighted by Gasteiger charge is -2.34. The zero-order chi connectivity index (χ0) is 17.8. The predicted octanol–water partition coefficient (Wildman–Crippen LogP) is 3.40. The highest BCUT2D eigenvalue weighted by atomic mass is 16.5. The summed E-state index contributed by atoms with van der Waals surface area (Å²) in [5, 5.41) is 11.5. The number of hydrogen-bond donors (Lipinski definition) is 1. The van der Waals surface area contributed by atoms with Crippen LogP contribution in [0.25, 0.3) is 10.8 Å². The molecule has 0 saturated heterocycles. The third-order valence-electron chi connectivity index (χ3n) is 5.54. The smallest absolute Gasteiger partial charge is 0.227 e. The summed E-state index contributed by atoms with van der Waals surface area (Å²) in [4.78, 5) is 14.7. The summed E-state index contributed by atoms with van der Waals surface area (Å²) in [6.07, 6.45) is 4.38. The summed E-state index contributed by atoms with van der Waals surface area (Å²) >= 11 is 0. The number of hydrogen-bond acceptors (Lipinski definition) is 3. The Balaban J connectivity index is 1.73. The first kappa shape index (κ1) is 17.7. The van der Waals surface area contributed by atoms with Gasteiger partial charge in [-0.05, 0) is 60.1 Å². The molecule has 0 unspecified atom stereocenters. The summed E-state index contributed by atoms with van der Waals surface area (Å²) in [5.74, 6) is 1.37. The molecule has 1 aliphatic carbocycles. The van der Waals surface area contributed by atoms with Crippen molar-refractivity contribution in [2.45, 2.75) is 38.1 Å². The Kier molecular flexibility index (Phi) is 5.59. The number of benzene rings is 2. The van der Waals surface area contributed by atoms with E-state index in [-0.39, 0.29) is 12.5 Å². The van der Waals surface area contributed by atoms with E-state index in [1.807, 2.05) is 42.3 Å². The van der Waals surface area contributed by atoms with Gasteiger partial charge in [-0.1, -0.05) is 24.3 Å². The van der Waals surface area contributed by atoms with Crippen LogP contribution in [0.15, 0.2) is 36.4 Å². The van der Waals surface area contributed by atoms with Crippen LogP contribution in [-0.4, -0.2) is 42.7 Å². The Morgan fingerprint density at radius 3 is 2.64 bits per heavy atom. The van der Waals surface area contributed by atoms with Gasteiger partial charge in [-0.15, -0.1) is 0 Å². The van der Waals surface area contributed by atoms with Gasteiger partial charge in [-0.2, -0.15) is 0 Å². The fourth-order valence-electron chi connectivity index (χ4n) is 3.80. The molecule has 0 aliphatic heterocycles. The molecule has 0 radical (unpaired) electrons. The molecule has 3 rings (SSSR count). The third kappa shape index (κ3) is 3.96. The van der Waals surface area contributed by atoms with E-state index in [0.717, 1.165) is 47.8 Å². The highest BCUT2D eigenvalue weighted by molar-refractivity contribution is 5.91. The van der Waals surface area contributed by atoms with Gasteiger partial charge in [-0.3, -0.25) is 4.79 Å². The highest BCUT2D eigenvalue weighted by Gasteiger charge is 2.26. The standard InChI is InChI=1S/C21H27NO3/c1-22(18-9-6-15(14-23)7-10-18)21(24)12-17-5-3-4-16-8-11-19(25-2)13-20(16)17/h3-5,8,11,13,15,18,23H,6-7,9-10,12,14H2,1-2H3. The first-order chi connectivity index (χ1) is 12.1. The number of methoxy groups -OCH3 is 1. The van der Waals surface area contributed by atoms with Crippen LogP contribution in [0.1, 0.15) is 31.2 Å². The predicted molar refractivity (Wildman–Crippen MR) is 99.8 cm³/mol. The summed E-state index contributed by atoms with van der Waals surface area (Å²) in [6.45, 7) is 0.266. The van der Waals surface area contributed by atoms with E-state index in [9.17, 15) is 9.90 Å². The van der Waals surface area contributed by atoms with Gasteiger partial charge in [0.05, 0.1) is 13.5 Å². The normalized spacial score (nSPS) is 20.4. The number of likely N-dealkylation sites (N-methyl/N-ethyl adjacent to an activating group) is 1. The van der Waals surface area contributed by atoms with Crippen LogP contribution >= 0.6 is 0 Å². The average Bonchev–Trinajstić information content (AvgIpc) is 2.67. The molecule has 2 aromatic rings. The van der Waals surface area contributed by atoms with Crippen molar-refractivity contribution in [1.82, 2.24) is 4.90 Å². The van der Waals surface area contributed by atoms with Gasteiger partial charge in [0.2, 0.25) is 5.91 Å². The topological polar surface area (TPSA) is 49.8 Å². The molecule has 4 heteroatoms. The highest BCUT2D eigenvalue weighted by Crippen LogP contribution is 2.28. The maximum absolute atomic E-state index is 12.8. The second kappa shape index (κ2) is 7.87. The first-order valence-electron chi connectivity index (χ1n) is 9.04. The monoisotopic (exact) mass is 341 g/mol. The Labute approximate surface area is 149 Å². The molecule has 134 valence electrons. The van der Waals surface area contributed by atoms with E-state index < -0.39 is 0 Å². The van der Waals surface area contributed by atoms with Crippen molar-refractivity contribution in [3.05, 3.63) is 42.0 Å². The number of aliphatic hydroxyl groups is 1. The van der Waals surface area contributed by atoms with E-state index >= 15 is 0 Å². The lowest BCUT2D eigenvalue weighted by molar-refractivity contribution is -0.132. The van der Waals surface area contributed by atoms with E-state index in [4.69, 9.17) is 4.74 Å². The SMILES string of the molecule is COc1ccc2cccc(CC(=O)N(C)C3CCC(CO)CC3)c2c1. The van der Waals surface area contributed by atoms with Crippen LogP contribution in [0.2, 0.25) is 0 Å². The maximum atomic E-state index is 12.8. The van der Waals surface area contributed by atoms with Gasteiger partial charge in [0.1, 0.15) is 5.75 Å². The number of carbonyl (C=O) groups excluding carboxylic acids is 1. The number of nitrogens with zero attached hydrogens (tertiary/aromatic N) is 1. The lowest BCUT2D eigenvalue weighted by Crippen LogP contribution is -2.40. The number of carbonyl (C=O) groups is 1. The molecule has 25 heavy (non-hydrogen) atoms. The molecule has 0 aromatic heterocycles. The van der Waals surface area contributed by atoms with E-state index in [1.54, 1.807) is 7.11 Å². The number of fused-ring (bicyclic) bond motifs is 1. The fraction of sp³-hybridized carbons (Fsp3) is 0.476. The second-order valence-electron chi connectivity index (χ2n) is 7.04. The van der Waals surface area contributed by atoms with Crippen molar-refractivity contribution in [2.24, 2.45) is 5.92 Å². The molecule has 2 aromatic carbocycles. The molecule has 1 saturated carbocycles. The third-order valence-corrected chi connectivity index (χ3v) is 5.54. The number of amides is 1. The summed E-state index contributed by atoms with van der Waals surface area (Å²) < 4.78 is 5.33. The fourth-order valence-corrected chi connectivity index (χ4v) is 3.80. The number of aliphatic hydroxyl groups excluding tert-OH is 1. The minimum atomic E-state index is 0.155. The molecule has 0 bridgehead atoms. The van der Waals surface area contributed by atoms with Crippen LogP contribution in [0.3, 0.4) is 0 Å². The second-order valence-corrected chi connectivity index (χ2v) is 7.04. The molecular formula is C21H27NO3. The van der Waals surface area contributed by atoms with Gasteiger partial charge in [0, 0.05) is 19.7 Å². The first-order valence-corrected chi connectivity index (χ1v) is 9.04. The zero-order valence-corrected chi connectivity index (χ0v) is 15.1. The van der Waals surface area contributed by atoms with Gasteiger partial charge in [0.25, 0.3) is 0 Å². The van der Waals surface area contributed by atoms with Crippen molar-refractivity contribution in [3.8, 4) is 5.75 Å². The van der Waals surface area contributed by atoms with Crippen molar-refractivity contribution >= 4 is 16.7 Å². The quantitative estimate of drug-likeness (QED) is 0.907. The minimum Gasteiger partial charge on any atom is -0.497 e. The van der Waals surface area contributed by atoms with Crippen molar-refractivity contribution < 1.29 is 14.6 Å². The van der Waals surface area contributed by atoms with Gasteiger partial charge in [-0.25, -0.2) is 0 Å². The molecule has 0 atom stereocenters. The Hall–Kier alpha value is -2.07. The van der Waals surface area contributed by atoms with Crippen LogP contribution in [0.5, 0.6) is 5.75 Å². The van der Waals surface area contributed by atoms with Crippen LogP contribution in [0.4, 0.5) is 0 Å². The molecule has 0 heterocycles. The van der Waals surface area contributed by atoms with Crippen molar-refractivity contribution in [1.29, 1.82) is 0 Å². The number of ether oxygens (including phenoxy) is 1. The Morgan fingerprint density at radius 1 is 1.20 bits per heavy atom. The van der Waals surface area contributed by atoms with E-state index in [2.05, 4.69) is 6.07 Å². The van der Waals surface area contributed by atoms with Gasteiger partial charge >= 0.3 is 0 Å². The molecular weight excluding hydrogens is 314 g/mol. The van der Waals surface area contributed by atoms with E-state index in [0.29, 0.717) is 18.4 Å². The molecule has 0 spiro atoms. The number of rotatable bonds is 5. The minimum absolute atomic E-state index is 0.155. The zero-order valence-electron chi connectivity index (χ0n) is 15.1. The van der Waals surface area contributed by atoms with Crippen molar-refractivity contribution in [2.75, 3.05) is 20.8 Å². The molecule has 1 fully saturated rings. The summed E-state index contributed by atoms with van der Waals surface area (Å²) in [7, 11) is 3.57. The van der Waals surface area contributed by atoms with Crippen LogP contribution in [0, 0.1) is 5.92 Å². The molecule has 4 nitrogen and oxygen atoms in total. The molecule has 1 amide bonds. The largest absolute Gasteiger partial charge is 0.497 e. The van der Waals surface area contributed by atoms with Gasteiger partial charge < -0.3 is 14.7 Å². The van der Waals surface area contributed by atoms with Gasteiger partial charge in [0.15, 0.2) is 0 Å².